The van der Waals surface area contributed by atoms with Gasteiger partial charge in [0.2, 0.25) is 5.91 Å². The first-order valence-corrected chi connectivity index (χ1v) is 12.7. The molecule has 1 atom stereocenters. The first-order valence-electron chi connectivity index (χ1n) is 12.7. The van der Waals surface area contributed by atoms with E-state index in [0.717, 1.165) is 45.8 Å². The Kier molecular flexibility index (Phi) is 9.24. The van der Waals surface area contributed by atoms with Gasteiger partial charge in [-0.15, -0.1) is 0 Å². The molecule has 0 fully saturated rings. The van der Waals surface area contributed by atoms with Gasteiger partial charge in [-0.3, -0.25) is 9.78 Å². The number of fused-ring (bicyclic) bond motifs is 1. The summed E-state index contributed by atoms with van der Waals surface area (Å²) in [7, 11) is 3.44. The Bertz CT molecular complexity index is 1290. The average Bonchev–Trinajstić information content (AvgIpc) is 3.31. The highest BCUT2D eigenvalue weighted by molar-refractivity contribution is 5.98. The number of likely N-dealkylation sites (N-methyl/N-ethyl adjacent to an activating group) is 1. The van der Waals surface area contributed by atoms with Crippen LogP contribution in [0.1, 0.15) is 42.0 Å². The molecule has 3 aromatic rings. The average molecular weight is 516 g/mol. The summed E-state index contributed by atoms with van der Waals surface area (Å²) in [5, 5.41) is 3.23. The maximum Gasteiger partial charge on any atom is 0.245 e. The van der Waals surface area contributed by atoms with Crippen molar-refractivity contribution in [1.82, 2.24) is 20.6 Å². The number of benzene rings is 2. The molecule has 0 aliphatic carbocycles. The Hall–Kier alpha value is -4.01. The van der Waals surface area contributed by atoms with Crippen LogP contribution in [0.4, 0.5) is 10.1 Å². The van der Waals surface area contributed by atoms with E-state index in [-0.39, 0.29) is 5.91 Å². The topological polar surface area (TPSA) is 78.5 Å². The molecule has 0 radical (unpaired) electrons. The predicted molar refractivity (Wildman–Crippen MR) is 150 cm³/mol. The van der Waals surface area contributed by atoms with Crippen molar-refractivity contribution in [1.29, 1.82) is 0 Å². The molecule has 7 nitrogen and oxygen atoms in total. The van der Waals surface area contributed by atoms with Crippen molar-refractivity contribution in [2.24, 2.45) is 0 Å². The third kappa shape index (κ3) is 6.65. The standard InChI is InChI=1S/C30H34FN5O2/c1-4-24(26-8-5-6-17-33-26)29(22-12-15-27-25(20-22)30(31)35-34-27)21-10-13-23(14-11-21)38-19-18-32-16-7-9-28(37)36(2)3/h5-15,17,20,30,32,34-35H,4,16,18-19H2,1-3H3/b9-7+,29-24+. The molecule has 1 aliphatic rings. The molecule has 0 bridgehead atoms. The van der Waals surface area contributed by atoms with Gasteiger partial charge in [0.15, 0.2) is 6.30 Å². The van der Waals surface area contributed by atoms with E-state index < -0.39 is 6.30 Å². The SMILES string of the molecule is CC/C(=C(/c1ccc(OCCNC/C=C/C(=O)N(C)C)cc1)c1ccc2c(c1)C(F)NN2)c1ccccn1. The molecule has 0 spiro atoms. The Labute approximate surface area is 223 Å². The zero-order valence-electron chi connectivity index (χ0n) is 22.0. The van der Waals surface area contributed by atoms with Gasteiger partial charge in [0.1, 0.15) is 12.4 Å². The highest BCUT2D eigenvalue weighted by atomic mass is 19.1. The molecule has 8 heteroatoms. The van der Waals surface area contributed by atoms with Crippen LogP contribution < -0.4 is 20.9 Å². The van der Waals surface area contributed by atoms with Gasteiger partial charge in [0.25, 0.3) is 0 Å². The lowest BCUT2D eigenvalue weighted by molar-refractivity contribution is -0.123. The van der Waals surface area contributed by atoms with Gasteiger partial charge in [-0.05, 0) is 65.1 Å². The van der Waals surface area contributed by atoms with E-state index in [1.807, 2.05) is 60.7 Å². The summed E-state index contributed by atoms with van der Waals surface area (Å²) < 4.78 is 20.4. The summed E-state index contributed by atoms with van der Waals surface area (Å²) in [6, 6.07) is 19.7. The summed E-state index contributed by atoms with van der Waals surface area (Å²) in [6.07, 6.45) is 4.64. The molecular formula is C30H34FN5O2. The number of ether oxygens (including phenoxy) is 1. The number of rotatable bonds is 11. The van der Waals surface area contributed by atoms with Gasteiger partial charge in [-0.2, -0.15) is 0 Å². The fourth-order valence-corrected chi connectivity index (χ4v) is 4.26. The Morgan fingerprint density at radius 3 is 2.63 bits per heavy atom. The van der Waals surface area contributed by atoms with Crippen LogP contribution >= 0.6 is 0 Å². The highest BCUT2D eigenvalue weighted by Crippen LogP contribution is 2.38. The zero-order chi connectivity index (χ0) is 26.9. The molecule has 1 aliphatic heterocycles. The molecule has 2 aromatic carbocycles. The van der Waals surface area contributed by atoms with Crippen molar-refractivity contribution >= 4 is 22.7 Å². The number of hydrogen-bond donors (Lipinski definition) is 3. The number of amides is 1. The third-order valence-corrected chi connectivity index (χ3v) is 6.23. The van der Waals surface area contributed by atoms with Crippen LogP contribution in [0, 0.1) is 0 Å². The lowest BCUT2D eigenvalue weighted by Crippen LogP contribution is -2.22. The largest absolute Gasteiger partial charge is 0.492 e. The molecule has 2 heterocycles. The van der Waals surface area contributed by atoms with Gasteiger partial charge in [-0.1, -0.05) is 37.3 Å². The highest BCUT2D eigenvalue weighted by Gasteiger charge is 2.23. The molecule has 38 heavy (non-hydrogen) atoms. The van der Waals surface area contributed by atoms with Crippen LogP contribution in [0.2, 0.25) is 0 Å². The van der Waals surface area contributed by atoms with E-state index in [1.165, 1.54) is 4.90 Å². The molecule has 1 amide bonds. The normalized spacial score (nSPS) is 15.1. The van der Waals surface area contributed by atoms with Crippen LogP contribution in [0.15, 0.2) is 79.0 Å². The van der Waals surface area contributed by atoms with Gasteiger partial charge < -0.3 is 20.4 Å². The minimum atomic E-state index is -1.26. The quantitative estimate of drug-likeness (QED) is 0.190. The second-order valence-corrected chi connectivity index (χ2v) is 9.07. The maximum atomic E-state index is 14.5. The van der Waals surface area contributed by atoms with Crippen molar-refractivity contribution in [3.63, 3.8) is 0 Å². The number of hydrazine groups is 1. The summed E-state index contributed by atoms with van der Waals surface area (Å²) in [5.41, 5.74) is 11.8. The second-order valence-electron chi connectivity index (χ2n) is 9.07. The number of anilines is 1. The van der Waals surface area contributed by atoms with Gasteiger partial charge >= 0.3 is 0 Å². The van der Waals surface area contributed by atoms with Crippen molar-refractivity contribution in [2.45, 2.75) is 19.6 Å². The van der Waals surface area contributed by atoms with E-state index in [9.17, 15) is 9.18 Å². The number of aromatic nitrogens is 1. The Morgan fingerprint density at radius 2 is 1.92 bits per heavy atom. The number of carbonyl (C=O) groups is 1. The number of pyridine rings is 1. The number of hydrogen-bond acceptors (Lipinski definition) is 6. The minimum Gasteiger partial charge on any atom is -0.492 e. The molecule has 0 saturated heterocycles. The number of nitrogens with zero attached hydrogens (tertiary/aromatic N) is 2. The zero-order valence-corrected chi connectivity index (χ0v) is 22.0. The third-order valence-electron chi connectivity index (χ3n) is 6.23. The molecule has 1 unspecified atom stereocenters. The van der Waals surface area contributed by atoms with Crippen LogP contribution in [-0.4, -0.2) is 49.6 Å². The minimum absolute atomic E-state index is 0.0384. The Balaban J connectivity index is 1.51. The molecule has 1 aromatic heterocycles. The fourth-order valence-electron chi connectivity index (χ4n) is 4.26. The number of nitrogens with one attached hydrogen (secondary N) is 3. The van der Waals surface area contributed by atoms with Crippen molar-refractivity contribution < 1.29 is 13.9 Å². The first kappa shape index (κ1) is 27.0. The molecule has 4 rings (SSSR count). The van der Waals surface area contributed by atoms with Gasteiger partial charge in [0.05, 0.1) is 11.4 Å². The monoisotopic (exact) mass is 515 g/mol. The number of alkyl halides is 1. The maximum absolute atomic E-state index is 14.5. The van der Waals surface area contributed by atoms with Crippen molar-refractivity contribution in [2.75, 3.05) is 39.2 Å². The van der Waals surface area contributed by atoms with Crippen molar-refractivity contribution in [3.05, 3.63) is 101 Å². The van der Waals surface area contributed by atoms with E-state index in [4.69, 9.17) is 4.74 Å². The van der Waals surface area contributed by atoms with E-state index in [1.54, 1.807) is 32.4 Å². The second kappa shape index (κ2) is 13.0. The van der Waals surface area contributed by atoms with E-state index >= 15 is 0 Å². The van der Waals surface area contributed by atoms with Crippen molar-refractivity contribution in [3.8, 4) is 5.75 Å². The summed E-state index contributed by atoms with van der Waals surface area (Å²) in [4.78, 5) is 17.7. The summed E-state index contributed by atoms with van der Waals surface area (Å²) in [5.74, 6) is 0.721. The predicted octanol–water partition coefficient (Wildman–Crippen LogP) is 4.96. The first-order chi connectivity index (χ1) is 18.5. The fraction of sp³-hybridized carbons (Fsp3) is 0.267. The van der Waals surface area contributed by atoms with E-state index in [2.05, 4.69) is 28.1 Å². The lowest BCUT2D eigenvalue weighted by atomic mass is 9.89. The van der Waals surface area contributed by atoms with E-state index in [0.29, 0.717) is 25.3 Å². The van der Waals surface area contributed by atoms with Gasteiger partial charge in [0, 0.05) is 45.0 Å². The van der Waals surface area contributed by atoms with Crippen LogP contribution in [0.3, 0.4) is 0 Å². The smallest absolute Gasteiger partial charge is 0.245 e. The molecule has 198 valence electrons. The van der Waals surface area contributed by atoms with Gasteiger partial charge in [-0.25, -0.2) is 9.82 Å². The number of halogens is 1. The molecular weight excluding hydrogens is 481 g/mol. The summed E-state index contributed by atoms with van der Waals surface area (Å²) in [6.45, 7) is 3.84. The van der Waals surface area contributed by atoms with Crippen LogP contribution in [0.25, 0.3) is 11.1 Å². The van der Waals surface area contributed by atoms with Crippen LogP contribution in [-0.2, 0) is 4.79 Å². The summed E-state index contributed by atoms with van der Waals surface area (Å²) >= 11 is 0. The number of carbonyl (C=O) groups excluding carboxylic acids is 1. The lowest BCUT2D eigenvalue weighted by Gasteiger charge is -2.17. The molecule has 3 N–H and O–H groups in total. The van der Waals surface area contributed by atoms with Crippen LogP contribution in [0.5, 0.6) is 5.75 Å². The Morgan fingerprint density at radius 1 is 1.13 bits per heavy atom. The molecule has 0 saturated carbocycles. The number of allylic oxidation sites excluding steroid dienone is 1.